The van der Waals surface area contributed by atoms with Crippen LogP contribution in [0.2, 0.25) is 0 Å². The van der Waals surface area contributed by atoms with Crippen molar-refractivity contribution in [1.82, 2.24) is 14.5 Å². The number of alkyl halides is 3. The number of carboxylic acid groups (broad SMARTS) is 1. The van der Waals surface area contributed by atoms with Gasteiger partial charge in [-0.15, -0.1) is 0 Å². The molecule has 164 valence electrons. The van der Waals surface area contributed by atoms with Gasteiger partial charge in [-0.25, -0.2) is 9.78 Å². The Bertz CT molecular complexity index is 904. The third-order valence-corrected chi connectivity index (χ3v) is 4.60. The molecule has 0 radical (unpaired) electrons. The molecular weight excluding hydrogens is 403 g/mol. The third-order valence-electron chi connectivity index (χ3n) is 4.60. The molecule has 1 aliphatic heterocycles. The number of carbonyl (C=O) groups is 2. The van der Waals surface area contributed by atoms with Crippen LogP contribution in [0.4, 0.5) is 13.2 Å². The van der Waals surface area contributed by atoms with Gasteiger partial charge in [0.15, 0.2) is 0 Å². The minimum atomic E-state index is -5.08. The van der Waals surface area contributed by atoms with E-state index in [1.54, 1.807) is 7.11 Å². The van der Waals surface area contributed by atoms with E-state index in [0.717, 1.165) is 22.4 Å². The Labute approximate surface area is 172 Å². The number of imidazole rings is 1. The van der Waals surface area contributed by atoms with Crippen molar-refractivity contribution in [3.05, 3.63) is 52.6 Å². The van der Waals surface area contributed by atoms with Crippen LogP contribution in [0, 0.1) is 13.8 Å². The Morgan fingerprint density at radius 3 is 2.30 bits per heavy atom. The number of nitrogens with zero attached hydrogens (tertiary/aromatic N) is 3. The molecule has 1 amide bonds. The van der Waals surface area contributed by atoms with E-state index in [2.05, 4.69) is 11.1 Å². The van der Waals surface area contributed by atoms with E-state index in [1.165, 1.54) is 5.69 Å². The quantitative estimate of drug-likeness (QED) is 0.814. The number of fused-ring (bicyclic) bond motifs is 1. The highest BCUT2D eigenvalue weighted by molar-refractivity contribution is 5.94. The van der Waals surface area contributed by atoms with Gasteiger partial charge < -0.3 is 19.3 Å². The molecule has 0 fully saturated rings. The fourth-order valence-electron chi connectivity index (χ4n) is 3.50. The lowest BCUT2D eigenvalue weighted by Gasteiger charge is -2.32. The zero-order valence-corrected chi connectivity index (χ0v) is 17.2. The van der Waals surface area contributed by atoms with Gasteiger partial charge in [-0.2, -0.15) is 13.2 Å². The molecule has 1 aromatic heterocycles. The fraction of sp³-hybridized carbons (Fsp3) is 0.450. The van der Waals surface area contributed by atoms with Crippen LogP contribution in [-0.4, -0.2) is 57.9 Å². The average molecular weight is 427 g/mol. The number of carboxylic acids is 1. The van der Waals surface area contributed by atoms with E-state index in [-0.39, 0.29) is 11.8 Å². The van der Waals surface area contributed by atoms with Gasteiger partial charge in [0, 0.05) is 37.9 Å². The summed E-state index contributed by atoms with van der Waals surface area (Å²) in [6, 6.07) is 5.99. The number of methoxy groups -OCH3 is 1. The standard InChI is InChI=1S/C18H23N3O2.C2HF3O2/c1-12-5-13(2)7-14(6-12)18(22)21-8-15(10-23-4)17-16(9-21)19-11-20(17)3;3-2(4,5)1(6)7/h5-7,11,15H,8-10H2,1-4H3;(H,6,7). The topological polar surface area (TPSA) is 84.7 Å². The smallest absolute Gasteiger partial charge is 0.475 e. The molecule has 2 aromatic rings. The summed E-state index contributed by atoms with van der Waals surface area (Å²) in [5.74, 6) is -2.53. The van der Waals surface area contributed by atoms with Crippen LogP contribution in [0.1, 0.15) is 38.8 Å². The van der Waals surface area contributed by atoms with Crippen LogP contribution >= 0.6 is 0 Å². The summed E-state index contributed by atoms with van der Waals surface area (Å²) in [4.78, 5) is 28.2. The minimum absolute atomic E-state index is 0.0641. The van der Waals surface area contributed by atoms with Gasteiger partial charge >= 0.3 is 12.1 Å². The first kappa shape index (κ1) is 23.4. The number of aromatic nitrogens is 2. The number of rotatable bonds is 3. The number of benzene rings is 1. The highest BCUT2D eigenvalue weighted by atomic mass is 19.4. The highest BCUT2D eigenvalue weighted by Gasteiger charge is 2.38. The molecule has 0 aliphatic carbocycles. The maximum atomic E-state index is 12.9. The van der Waals surface area contributed by atoms with Crippen molar-refractivity contribution >= 4 is 11.9 Å². The van der Waals surface area contributed by atoms with Gasteiger partial charge in [-0.3, -0.25) is 4.79 Å². The Balaban J connectivity index is 0.000000396. The van der Waals surface area contributed by atoms with E-state index >= 15 is 0 Å². The molecule has 1 aromatic carbocycles. The number of aliphatic carboxylic acids is 1. The first-order chi connectivity index (χ1) is 13.9. The van der Waals surface area contributed by atoms with Gasteiger partial charge in [0.25, 0.3) is 5.91 Å². The van der Waals surface area contributed by atoms with E-state index < -0.39 is 12.1 Å². The molecule has 0 bridgehead atoms. The van der Waals surface area contributed by atoms with Crippen molar-refractivity contribution in [3.63, 3.8) is 0 Å². The number of aryl methyl sites for hydroxylation is 3. The first-order valence-electron chi connectivity index (χ1n) is 9.10. The molecule has 1 aliphatic rings. The van der Waals surface area contributed by atoms with Crippen molar-refractivity contribution in [2.75, 3.05) is 20.3 Å². The number of ether oxygens (including phenoxy) is 1. The van der Waals surface area contributed by atoms with Crippen molar-refractivity contribution in [2.45, 2.75) is 32.5 Å². The third kappa shape index (κ3) is 5.59. The minimum Gasteiger partial charge on any atom is -0.475 e. The lowest BCUT2D eigenvalue weighted by molar-refractivity contribution is -0.192. The molecule has 0 saturated carbocycles. The van der Waals surface area contributed by atoms with Gasteiger partial charge in [-0.1, -0.05) is 17.2 Å². The van der Waals surface area contributed by atoms with Crippen LogP contribution in [0.3, 0.4) is 0 Å². The summed E-state index contributed by atoms with van der Waals surface area (Å²) in [6.45, 7) is 5.84. The second kappa shape index (κ2) is 9.29. The fourth-order valence-corrected chi connectivity index (χ4v) is 3.50. The first-order valence-corrected chi connectivity index (χ1v) is 9.10. The van der Waals surface area contributed by atoms with E-state index in [9.17, 15) is 18.0 Å². The van der Waals surface area contributed by atoms with E-state index in [1.807, 2.05) is 48.8 Å². The predicted molar refractivity (Wildman–Crippen MR) is 102 cm³/mol. The monoisotopic (exact) mass is 427 g/mol. The number of amides is 1. The maximum Gasteiger partial charge on any atom is 0.490 e. The molecule has 30 heavy (non-hydrogen) atoms. The van der Waals surface area contributed by atoms with Crippen molar-refractivity contribution in [3.8, 4) is 0 Å². The molecule has 10 heteroatoms. The molecule has 2 heterocycles. The molecule has 1 atom stereocenters. The molecular formula is C20H24F3N3O4. The van der Waals surface area contributed by atoms with Gasteiger partial charge in [0.05, 0.1) is 25.2 Å². The van der Waals surface area contributed by atoms with Crippen molar-refractivity contribution in [1.29, 1.82) is 0 Å². The van der Waals surface area contributed by atoms with E-state index in [4.69, 9.17) is 14.6 Å². The molecule has 0 saturated heterocycles. The predicted octanol–water partition coefficient (Wildman–Crippen LogP) is 3.06. The molecule has 1 N–H and O–H groups in total. The normalized spacial score (nSPS) is 15.8. The second-order valence-corrected chi connectivity index (χ2v) is 7.20. The highest BCUT2D eigenvalue weighted by Crippen LogP contribution is 2.28. The lowest BCUT2D eigenvalue weighted by Crippen LogP contribution is -2.40. The molecule has 7 nitrogen and oxygen atoms in total. The van der Waals surface area contributed by atoms with Crippen molar-refractivity contribution < 1.29 is 32.6 Å². The lowest BCUT2D eigenvalue weighted by atomic mass is 9.97. The van der Waals surface area contributed by atoms with Crippen molar-refractivity contribution in [2.24, 2.45) is 7.05 Å². The number of hydrogen-bond acceptors (Lipinski definition) is 4. The average Bonchev–Trinajstić information content (AvgIpc) is 3.01. The van der Waals surface area contributed by atoms with Crippen LogP contribution in [0.25, 0.3) is 0 Å². The maximum absolute atomic E-state index is 12.9. The summed E-state index contributed by atoms with van der Waals surface area (Å²) in [5.41, 5.74) is 5.11. The zero-order chi connectivity index (χ0) is 22.6. The SMILES string of the molecule is COCC1CN(C(=O)c2cc(C)cc(C)c2)Cc2ncn(C)c21.O=C(O)C(F)(F)F. The molecule has 1 unspecified atom stereocenters. The molecule has 3 rings (SSSR count). The summed E-state index contributed by atoms with van der Waals surface area (Å²) in [6.07, 6.45) is -3.27. The summed E-state index contributed by atoms with van der Waals surface area (Å²) < 4.78 is 39.1. The molecule has 0 spiro atoms. The Hall–Kier alpha value is -2.88. The summed E-state index contributed by atoms with van der Waals surface area (Å²) in [7, 11) is 3.69. The van der Waals surface area contributed by atoms with Crippen LogP contribution in [0.5, 0.6) is 0 Å². The van der Waals surface area contributed by atoms with E-state index in [0.29, 0.717) is 19.7 Å². The zero-order valence-electron chi connectivity index (χ0n) is 17.2. The Morgan fingerprint density at radius 2 is 1.80 bits per heavy atom. The van der Waals surface area contributed by atoms with Crippen LogP contribution < -0.4 is 0 Å². The Kier molecular flexibility index (Phi) is 7.25. The number of halogens is 3. The summed E-state index contributed by atoms with van der Waals surface area (Å²) in [5, 5.41) is 7.12. The summed E-state index contributed by atoms with van der Waals surface area (Å²) >= 11 is 0. The van der Waals surface area contributed by atoms with Crippen LogP contribution in [-0.2, 0) is 23.1 Å². The van der Waals surface area contributed by atoms with Gasteiger partial charge in [-0.05, 0) is 26.0 Å². The Morgan fingerprint density at radius 1 is 1.23 bits per heavy atom. The second-order valence-electron chi connectivity index (χ2n) is 7.20. The largest absolute Gasteiger partial charge is 0.490 e. The number of hydrogen-bond donors (Lipinski definition) is 1. The van der Waals surface area contributed by atoms with Gasteiger partial charge in [0.2, 0.25) is 0 Å². The van der Waals surface area contributed by atoms with Gasteiger partial charge in [0.1, 0.15) is 0 Å². The van der Waals surface area contributed by atoms with Crippen LogP contribution in [0.15, 0.2) is 24.5 Å². The number of carbonyl (C=O) groups excluding carboxylic acids is 1.